The fraction of sp³-hybridized carbons (Fsp3) is 0.148. The van der Waals surface area contributed by atoms with Crippen molar-refractivity contribution in [2.75, 3.05) is 11.9 Å². The largest absolute Gasteiger partial charge is 0.452 e. The highest BCUT2D eigenvalue weighted by molar-refractivity contribution is 9.10. The summed E-state index contributed by atoms with van der Waals surface area (Å²) >= 11 is 3.47. The number of carbonyl (C=O) groups excluding carboxylic acids is 2. The number of rotatable bonds is 6. The van der Waals surface area contributed by atoms with E-state index in [9.17, 15) is 9.59 Å². The molecule has 5 nitrogen and oxygen atoms in total. The number of anilines is 1. The maximum Gasteiger partial charge on any atom is 0.339 e. The van der Waals surface area contributed by atoms with Crippen LogP contribution in [0.4, 0.5) is 5.69 Å². The Labute approximate surface area is 200 Å². The average molecular weight is 503 g/mol. The lowest BCUT2D eigenvalue weighted by atomic mass is 10.0. The van der Waals surface area contributed by atoms with E-state index in [0.717, 1.165) is 10.0 Å². The van der Waals surface area contributed by atoms with Crippen molar-refractivity contribution in [2.24, 2.45) is 0 Å². The summed E-state index contributed by atoms with van der Waals surface area (Å²) in [5.74, 6) is -0.561. The molecule has 6 heteroatoms. The zero-order chi connectivity index (χ0) is 23.4. The van der Waals surface area contributed by atoms with Gasteiger partial charge in [-0.2, -0.15) is 0 Å². The number of aromatic nitrogens is 1. The standard InChI is InChI=1S/C27H23BrN2O3/c1-17(2)18-10-12-21(13-11-18)29-26(31)16-33-27(32)23-15-25(19-6-5-7-20(28)14-19)30-24-9-4-3-8-22(23)24/h3-15,17H,16H2,1-2H3,(H,29,31). The maximum atomic E-state index is 12.9. The van der Waals surface area contributed by atoms with Gasteiger partial charge in [-0.25, -0.2) is 9.78 Å². The molecule has 4 rings (SSSR count). The molecule has 1 heterocycles. The van der Waals surface area contributed by atoms with Crippen molar-refractivity contribution in [3.8, 4) is 11.3 Å². The van der Waals surface area contributed by atoms with Gasteiger partial charge >= 0.3 is 5.97 Å². The Morgan fingerprint density at radius 1 is 0.970 bits per heavy atom. The number of nitrogens with one attached hydrogen (secondary N) is 1. The molecule has 3 aromatic carbocycles. The maximum absolute atomic E-state index is 12.9. The number of esters is 1. The van der Waals surface area contributed by atoms with Gasteiger partial charge in [-0.1, -0.05) is 72.2 Å². The van der Waals surface area contributed by atoms with E-state index in [1.807, 2.05) is 72.8 Å². The average Bonchev–Trinajstić information content (AvgIpc) is 2.82. The number of para-hydroxylation sites is 1. The first-order valence-corrected chi connectivity index (χ1v) is 11.4. The number of pyridine rings is 1. The minimum Gasteiger partial charge on any atom is -0.452 e. The van der Waals surface area contributed by atoms with Crippen molar-refractivity contribution in [1.29, 1.82) is 0 Å². The van der Waals surface area contributed by atoms with Crippen molar-refractivity contribution in [3.05, 3.63) is 94.5 Å². The summed E-state index contributed by atoms with van der Waals surface area (Å²) < 4.78 is 6.27. The summed E-state index contributed by atoms with van der Waals surface area (Å²) in [6, 6.07) is 24.4. The summed E-state index contributed by atoms with van der Waals surface area (Å²) in [7, 11) is 0. The van der Waals surface area contributed by atoms with Crippen LogP contribution in [0.2, 0.25) is 0 Å². The van der Waals surface area contributed by atoms with Crippen molar-refractivity contribution in [1.82, 2.24) is 4.98 Å². The first kappa shape index (κ1) is 22.7. The van der Waals surface area contributed by atoms with Gasteiger partial charge in [-0.15, -0.1) is 0 Å². The van der Waals surface area contributed by atoms with Gasteiger partial charge in [-0.3, -0.25) is 4.79 Å². The summed E-state index contributed by atoms with van der Waals surface area (Å²) in [5, 5.41) is 3.43. The Morgan fingerprint density at radius 3 is 2.45 bits per heavy atom. The highest BCUT2D eigenvalue weighted by Gasteiger charge is 2.17. The van der Waals surface area contributed by atoms with Crippen molar-refractivity contribution >= 4 is 44.4 Å². The second-order valence-corrected chi connectivity index (χ2v) is 8.90. The van der Waals surface area contributed by atoms with Gasteiger partial charge in [-0.05, 0) is 47.9 Å². The smallest absolute Gasteiger partial charge is 0.339 e. The molecular weight excluding hydrogens is 480 g/mol. The number of nitrogens with zero attached hydrogens (tertiary/aromatic N) is 1. The molecule has 0 aliphatic heterocycles. The zero-order valence-corrected chi connectivity index (χ0v) is 19.9. The van der Waals surface area contributed by atoms with Crippen LogP contribution in [0.3, 0.4) is 0 Å². The minimum atomic E-state index is -0.574. The first-order valence-electron chi connectivity index (χ1n) is 10.6. The van der Waals surface area contributed by atoms with Crippen LogP contribution >= 0.6 is 15.9 Å². The van der Waals surface area contributed by atoms with Crippen LogP contribution in [0.15, 0.2) is 83.3 Å². The van der Waals surface area contributed by atoms with Crippen LogP contribution < -0.4 is 5.32 Å². The van der Waals surface area contributed by atoms with E-state index in [1.165, 1.54) is 5.56 Å². The Balaban J connectivity index is 1.52. The van der Waals surface area contributed by atoms with Gasteiger partial charge < -0.3 is 10.1 Å². The molecule has 166 valence electrons. The van der Waals surface area contributed by atoms with Gasteiger partial charge in [0.15, 0.2) is 6.61 Å². The van der Waals surface area contributed by atoms with E-state index in [-0.39, 0.29) is 6.61 Å². The van der Waals surface area contributed by atoms with Gasteiger partial charge in [0.2, 0.25) is 0 Å². The summed E-state index contributed by atoms with van der Waals surface area (Å²) in [6.07, 6.45) is 0. The highest BCUT2D eigenvalue weighted by atomic mass is 79.9. The summed E-state index contributed by atoms with van der Waals surface area (Å²) in [6.45, 7) is 3.84. The molecule has 1 amide bonds. The topological polar surface area (TPSA) is 68.3 Å². The number of carbonyl (C=O) groups is 2. The lowest BCUT2D eigenvalue weighted by molar-refractivity contribution is -0.119. The molecular formula is C27H23BrN2O3. The molecule has 1 aromatic heterocycles. The van der Waals surface area contributed by atoms with Gasteiger partial charge in [0.05, 0.1) is 16.8 Å². The van der Waals surface area contributed by atoms with Crippen LogP contribution in [0.1, 0.15) is 35.7 Å². The number of hydrogen-bond acceptors (Lipinski definition) is 4. The zero-order valence-electron chi connectivity index (χ0n) is 18.3. The first-order chi connectivity index (χ1) is 15.9. The molecule has 0 saturated carbocycles. The number of hydrogen-bond donors (Lipinski definition) is 1. The van der Waals surface area contributed by atoms with Crippen molar-refractivity contribution in [2.45, 2.75) is 19.8 Å². The van der Waals surface area contributed by atoms with E-state index in [1.54, 1.807) is 6.07 Å². The molecule has 0 spiro atoms. The Bertz CT molecular complexity index is 1320. The second kappa shape index (κ2) is 9.96. The predicted molar refractivity (Wildman–Crippen MR) is 134 cm³/mol. The van der Waals surface area contributed by atoms with Gasteiger partial charge in [0.1, 0.15) is 0 Å². The van der Waals surface area contributed by atoms with Crippen LogP contribution in [0.25, 0.3) is 22.2 Å². The molecule has 0 fully saturated rings. The number of benzene rings is 3. The number of ether oxygens (including phenoxy) is 1. The third-order valence-electron chi connectivity index (χ3n) is 5.25. The number of halogens is 1. The van der Waals surface area contributed by atoms with Crippen molar-refractivity contribution < 1.29 is 14.3 Å². The monoisotopic (exact) mass is 502 g/mol. The fourth-order valence-electron chi connectivity index (χ4n) is 3.50. The summed E-state index contributed by atoms with van der Waals surface area (Å²) in [5.41, 5.74) is 4.40. The molecule has 0 bridgehead atoms. The third-order valence-corrected chi connectivity index (χ3v) is 5.75. The van der Waals surface area contributed by atoms with Crippen LogP contribution in [0, 0.1) is 0 Å². The lowest BCUT2D eigenvalue weighted by Crippen LogP contribution is -2.21. The molecule has 0 saturated heterocycles. The second-order valence-electron chi connectivity index (χ2n) is 7.98. The number of amides is 1. The van der Waals surface area contributed by atoms with E-state index in [4.69, 9.17) is 9.72 Å². The molecule has 0 aliphatic rings. The number of fused-ring (bicyclic) bond motifs is 1. The minimum absolute atomic E-state index is 0.365. The third kappa shape index (κ3) is 5.46. The fourth-order valence-corrected chi connectivity index (χ4v) is 3.90. The molecule has 1 N–H and O–H groups in total. The van der Waals surface area contributed by atoms with Gasteiger partial charge in [0.25, 0.3) is 5.91 Å². The van der Waals surface area contributed by atoms with Crippen LogP contribution in [-0.4, -0.2) is 23.5 Å². The van der Waals surface area contributed by atoms with E-state index in [2.05, 4.69) is 35.1 Å². The molecule has 0 aliphatic carbocycles. The highest BCUT2D eigenvalue weighted by Crippen LogP contribution is 2.27. The molecule has 0 radical (unpaired) electrons. The van der Waals surface area contributed by atoms with Gasteiger partial charge in [0, 0.05) is 21.1 Å². The Hall–Kier alpha value is -3.51. The molecule has 0 atom stereocenters. The van der Waals surface area contributed by atoms with E-state index < -0.39 is 11.9 Å². The van der Waals surface area contributed by atoms with Crippen LogP contribution in [-0.2, 0) is 9.53 Å². The lowest BCUT2D eigenvalue weighted by Gasteiger charge is -2.11. The van der Waals surface area contributed by atoms with Crippen molar-refractivity contribution in [3.63, 3.8) is 0 Å². The molecule has 0 unspecified atom stereocenters. The van der Waals surface area contributed by atoms with Crippen LogP contribution in [0.5, 0.6) is 0 Å². The Kier molecular flexibility index (Phi) is 6.84. The molecule has 4 aromatic rings. The predicted octanol–water partition coefficient (Wildman–Crippen LogP) is 6.58. The van der Waals surface area contributed by atoms with E-state index >= 15 is 0 Å². The molecule has 33 heavy (non-hydrogen) atoms. The SMILES string of the molecule is CC(C)c1ccc(NC(=O)COC(=O)c2cc(-c3cccc(Br)c3)nc3ccccc23)cc1. The normalized spacial score (nSPS) is 10.9. The van der Waals surface area contributed by atoms with E-state index in [0.29, 0.717) is 33.8 Å². The summed E-state index contributed by atoms with van der Waals surface area (Å²) in [4.78, 5) is 30.0. The quantitative estimate of drug-likeness (QED) is 0.302. The Morgan fingerprint density at radius 2 is 1.73 bits per heavy atom.